The van der Waals surface area contributed by atoms with Crippen molar-refractivity contribution in [2.45, 2.75) is 6.54 Å². The van der Waals surface area contributed by atoms with Crippen LogP contribution in [0.4, 0.5) is 5.13 Å². The predicted molar refractivity (Wildman–Crippen MR) is 116 cm³/mol. The number of ether oxygens (including phenoxy) is 1. The summed E-state index contributed by atoms with van der Waals surface area (Å²) in [5, 5.41) is 6.98. The van der Waals surface area contributed by atoms with Gasteiger partial charge in [-0.25, -0.2) is 4.98 Å². The molecule has 8 nitrogen and oxygen atoms in total. The lowest BCUT2D eigenvalue weighted by Crippen LogP contribution is -2.36. The normalized spacial score (nSPS) is 10.8. The first kappa shape index (κ1) is 19.6. The minimum atomic E-state index is -0.434. The standard InChI is InChI=1S/C21H18N4O4S/c1-29-14-6-7-16-17(10-14)30-21(23-16)24-18(26)11-22-19(27)12-25-9-8-13-4-2-3-5-15(13)20(25)28/h2-10H,11-12H2,1H3,(H,22,27)(H,23,24,26). The summed E-state index contributed by atoms with van der Waals surface area (Å²) in [5.41, 5.74) is 0.494. The monoisotopic (exact) mass is 422 g/mol. The Hall–Kier alpha value is -3.72. The van der Waals surface area contributed by atoms with Crippen molar-refractivity contribution in [1.29, 1.82) is 0 Å². The number of benzene rings is 2. The number of anilines is 1. The number of thiazole rings is 1. The lowest BCUT2D eigenvalue weighted by molar-refractivity contribution is -0.124. The Morgan fingerprint density at radius 3 is 2.80 bits per heavy atom. The summed E-state index contributed by atoms with van der Waals surface area (Å²) in [5.74, 6) is -0.128. The summed E-state index contributed by atoms with van der Waals surface area (Å²) in [6, 6.07) is 14.4. The molecule has 30 heavy (non-hydrogen) atoms. The van der Waals surface area contributed by atoms with Gasteiger partial charge < -0.3 is 19.9 Å². The second kappa shape index (κ2) is 8.34. The molecule has 0 aliphatic carbocycles. The van der Waals surface area contributed by atoms with Crippen LogP contribution < -0.4 is 20.9 Å². The maximum Gasteiger partial charge on any atom is 0.258 e. The second-order valence-corrected chi connectivity index (χ2v) is 7.54. The number of hydrogen-bond acceptors (Lipinski definition) is 6. The Morgan fingerprint density at radius 2 is 1.97 bits per heavy atom. The predicted octanol–water partition coefficient (Wildman–Crippen LogP) is 2.37. The first-order valence-corrected chi connectivity index (χ1v) is 9.94. The van der Waals surface area contributed by atoms with E-state index in [4.69, 9.17) is 4.74 Å². The zero-order valence-electron chi connectivity index (χ0n) is 16.0. The zero-order chi connectivity index (χ0) is 21.1. The number of pyridine rings is 1. The van der Waals surface area contributed by atoms with Gasteiger partial charge in [0.05, 0.1) is 23.9 Å². The van der Waals surface area contributed by atoms with Crippen molar-refractivity contribution < 1.29 is 14.3 Å². The van der Waals surface area contributed by atoms with Crippen molar-refractivity contribution in [3.63, 3.8) is 0 Å². The Kier molecular flexibility index (Phi) is 5.44. The van der Waals surface area contributed by atoms with Crippen LogP contribution in [0, 0.1) is 0 Å². The molecule has 0 fully saturated rings. The molecule has 2 aromatic heterocycles. The van der Waals surface area contributed by atoms with Crippen molar-refractivity contribution in [2.75, 3.05) is 19.0 Å². The molecule has 0 atom stereocenters. The highest BCUT2D eigenvalue weighted by molar-refractivity contribution is 7.22. The Balaban J connectivity index is 1.35. The second-order valence-electron chi connectivity index (χ2n) is 6.51. The van der Waals surface area contributed by atoms with Gasteiger partial charge in [-0.3, -0.25) is 14.4 Å². The number of rotatable bonds is 6. The minimum Gasteiger partial charge on any atom is -0.497 e. The number of carbonyl (C=O) groups excluding carboxylic acids is 2. The fourth-order valence-electron chi connectivity index (χ4n) is 2.99. The first-order valence-electron chi connectivity index (χ1n) is 9.13. The molecule has 0 bridgehead atoms. The fourth-order valence-corrected chi connectivity index (χ4v) is 3.90. The number of amides is 2. The van der Waals surface area contributed by atoms with Crippen molar-refractivity contribution in [2.24, 2.45) is 0 Å². The van der Waals surface area contributed by atoms with Crippen LogP contribution in [-0.2, 0) is 16.1 Å². The van der Waals surface area contributed by atoms with Crippen LogP contribution in [-0.4, -0.2) is 35.0 Å². The number of nitrogens with zero attached hydrogens (tertiary/aromatic N) is 2. The SMILES string of the molecule is COc1ccc2nc(NC(=O)CNC(=O)Cn3ccc4ccccc4c3=O)sc2c1. The molecule has 4 aromatic rings. The van der Waals surface area contributed by atoms with Crippen LogP contribution in [0.1, 0.15) is 0 Å². The Morgan fingerprint density at radius 1 is 1.13 bits per heavy atom. The third-order valence-corrected chi connectivity index (χ3v) is 5.42. The van der Waals surface area contributed by atoms with E-state index in [1.807, 2.05) is 24.3 Å². The molecule has 0 unspecified atom stereocenters. The molecule has 2 heterocycles. The lowest BCUT2D eigenvalue weighted by Gasteiger charge is -2.08. The van der Waals surface area contributed by atoms with E-state index in [2.05, 4.69) is 15.6 Å². The van der Waals surface area contributed by atoms with Gasteiger partial charge >= 0.3 is 0 Å². The number of fused-ring (bicyclic) bond motifs is 2. The summed E-state index contributed by atoms with van der Waals surface area (Å²) in [6.45, 7) is -0.391. The van der Waals surface area contributed by atoms with Crippen molar-refractivity contribution >= 4 is 49.3 Å². The quantitative estimate of drug-likeness (QED) is 0.497. The fraction of sp³-hybridized carbons (Fsp3) is 0.143. The summed E-state index contributed by atoms with van der Waals surface area (Å²) in [7, 11) is 1.58. The summed E-state index contributed by atoms with van der Waals surface area (Å²) >= 11 is 1.31. The van der Waals surface area contributed by atoms with Gasteiger partial charge in [0.15, 0.2) is 5.13 Å². The average molecular weight is 422 g/mol. The van der Waals surface area contributed by atoms with Gasteiger partial charge in [0.2, 0.25) is 11.8 Å². The highest BCUT2D eigenvalue weighted by Gasteiger charge is 2.11. The van der Waals surface area contributed by atoms with Crippen molar-refractivity contribution in [3.8, 4) is 5.75 Å². The molecule has 4 rings (SSSR count). The van der Waals surface area contributed by atoms with Crippen LogP contribution >= 0.6 is 11.3 Å². The first-order chi connectivity index (χ1) is 14.5. The summed E-state index contributed by atoms with van der Waals surface area (Å²) in [6.07, 6.45) is 1.57. The third-order valence-electron chi connectivity index (χ3n) is 4.49. The molecule has 0 saturated carbocycles. The van der Waals surface area contributed by atoms with E-state index < -0.39 is 11.8 Å². The number of nitrogens with one attached hydrogen (secondary N) is 2. The largest absolute Gasteiger partial charge is 0.497 e. The van der Waals surface area contributed by atoms with Crippen LogP contribution in [0.25, 0.3) is 21.0 Å². The number of methoxy groups -OCH3 is 1. The maximum absolute atomic E-state index is 12.5. The van der Waals surface area contributed by atoms with E-state index in [1.54, 1.807) is 37.6 Å². The number of aromatic nitrogens is 2. The lowest BCUT2D eigenvalue weighted by atomic mass is 10.2. The Bertz CT molecular complexity index is 1310. The van der Waals surface area contributed by atoms with Crippen LogP contribution in [0.2, 0.25) is 0 Å². The van der Waals surface area contributed by atoms with Crippen LogP contribution in [0.3, 0.4) is 0 Å². The molecule has 0 radical (unpaired) electrons. The van der Waals surface area contributed by atoms with Gasteiger partial charge in [0.1, 0.15) is 12.3 Å². The highest BCUT2D eigenvalue weighted by atomic mass is 32.1. The summed E-state index contributed by atoms with van der Waals surface area (Å²) in [4.78, 5) is 41.1. The van der Waals surface area contributed by atoms with Gasteiger partial charge in [-0.05, 0) is 35.7 Å². The van der Waals surface area contributed by atoms with Crippen molar-refractivity contribution in [1.82, 2.24) is 14.9 Å². The molecule has 2 N–H and O–H groups in total. The van der Waals surface area contributed by atoms with Gasteiger partial charge in [-0.2, -0.15) is 0 Å². The van der Waals surface area contributed by atoms with Gasteiger partial charge in [0.25, 0.3) is 5.56 Å². The molecular formula is C21H18N4O4S. The van der Waals surface area contributed by atoms with Crippen LogP contribution in [0.5, 0.6) is 5.75 Å². The van der Waals surface area contributed by atoms with Gasteiger partial charge in [-0.15, -0.1) is 0 Å². The molecular weight excluding hydrogens is 404 g/mol. The van der Waals surface area contributed by atoms with E-state index in [9.17, 15) is 14.4 Å². The topological polar surface area (TPSA) is 102 Å². The van der Waals surface area contributed by atoms with E-state index in [-0.39, 0.29) is 18.6 Å². The average Bonchev–Trinajstić information content (AvgIpc) is 3.15. The molecule has 2 amide bonds. The third kappa shape index (κ3) is 4.15. The number of carbonyl (C=O) groups is 2. The van der Waals surface area contributed by atoms with E-state index in [0.29, 0.717) is 16.3 Å². The smallest absolute Gasteiger partial charge is 0.258 e. The molecule has 152 valence electrons. The molecule has 0 aliphatic heterocycles. The van der Waals surface area contributed by atoms with Crippen LogP contribution in [0.15, 0.2) is 59.5 Å². The van der Waals surface area contributed by atoms with Crippen molar-refractivity contribution in [3.05, 3.63) is 65.1 Å². The summed E-state index contributed by atoms with van der Waals surface area (Å²) < 4.78 is 7.37. The Labute approximate surface area is 175 Å². The molecule has 0 saturated heterocycles. The highest BCUT2D eigenvalue weighted by Crippen LogP contribution is 2.28. The van der Waals surface area contributed by atoms with Gasteiger partial charge in [0, 0.05) is 11.6 Å². The molecule has 9 heteroatoms. The van der Waals surface area contributed by atoms with E-state index >= 15 is 0 Å². The van der Waals surface area contributed by atoms with E-state index in [0.717, 1.165) is 15.6 Å². The van der Waals surface area contributed by atoms with Gasteiger partial charge in [-0.1, -0.05) is 29.5 Å². The molecule has 2 aromatic carbocycles. The minimum absolute atomic E-state index is 0.169. The molecule has 0 aliphatic rings. The molecule has 0 spiro atoms. The number of hydrogen-bond donors (Lipinski definition) is 2. The zero-order valence-corrected chi connectivity index (χ0v) is 16.9. The maximum atomic E-state index is 12.5. The van der Waals surface area contributed by atoms with E-state index in [1.165, 1.54) is 15.9 Å².